The number of piperidine rings is 1. The topological polar surface area (TPSA) is 87.7 Å². The highest BCUT2D eigenvalue weighted by Crippen LogP contribution is 2.17. The SMILES string of the molecule is CNS(=O)(=O)C1CCN(C(=O)N[C@@H]2CCCOC2)CC1. The lowest BCUT2D eigenvalue weighted by Gasteiger charge is -2.33. The number of hydrogen-bond acceptors (Lipinski definition) is 4. The molecule has 7 nitrogen and oxygen atoms in total. The number of likely N-dealkylation sites (tertiary alicyclic amines) is 1. The molecule has 2 fully saturated rings. The molecule has 0 aliphatic carbocycles. The number of carbonyl (C=O) groups excluding carboxylic acids is 1. The highest BCUT2D eigenvalue weighted by Gasteiger charge is 2.31. The molecule has 0 bridgehead atoms. The first-order chi connectivity index (χ1) is 9.53. The molecular formula is C12H23N3O4S. The summed E-state index contributed by atoms with van der Waals surface area (Å²) >= 11 is 0. The molecule has 2 N–H and O–H groups in total. The van der Waals surface area contributed by atoms with Gasteiger partial charge in [-0.2, -0.15) is 0 Å². The number of amides is 2. The molecule has 2 aliphatic heterocycles. The Bertz CT molecular complexity index is 426. The first-order valence-corrected chi connectivity index (χ1v) is 8.63. The minimum atomic E-state index is -3.23. The molecule has 2 rings (SSSR count). The zero-order valence-corrected chi connectivity index (χ0v) is 12.6. The van der Waals surface area contributed by atoms with E-state index in [4.69, 9.17) is 4.74 Å². The van der Waals surface area contributed by atoms with Crippen LogP contribution < -0.4 is 10.0 Å². The van der Waals surface area contributed by atoms with Crippen molar-refractivity contribution in [1.29, 1.82) is 0 Å². The summed E-state index contributed by atoms with van der Waals surface area (Å²) in [6.45, 7) is 2.28. The molecule has 20 heavy (non-hydrogen) atoms. The molecule has 8 heteroatoms. The van der Waals surface area contributed by atoms with Gasteiger partial charge in [-0.25, -0.2) is 17.9 Å². The van der Waals surface area contributed by atoms with Gasteiger partial charge in [-0.05, 0) is 32.7 Å². The zero-order chi connectivity index (χ0) is 14.6. The standard InChI is InChI=1S/C12H23N3O4S/c1-13-20(17,18)11-4-6-15(7-5-11)12(16)14-10-3-2-8-19-9-10/h10-11,13H,2-9H2,1H3,(H,14,16)/t10-/m1/s1. The van der Waals surface area contributed by atoms with E-state index in [9.17, 15) is 13.2 Å². The molecule has 0 spiro atoms. The summed E-state index contributed by atoms with van der Waals surface area (Å²) in [5.74, 6) is 0. The van der Waals surface area contributed by atoms with Gasteiger partial charge in [0.25, 0.3) is 0 Å². The van der Waals surface area contributed by atoms with Crippen molar-refractivity contribution in [3.05, 3.63) is 0 Å². The molecule has 2 amide bonds. The quantitative estimate of drug-likeness (QED) is 0.761. The Morgan fingerprint density at radius 2 is 1.95 bits per heavy atom. The Kier molecular flexibility index (Phi) is 5.22. The van der Waals surface area contributed by atoms with Crippen molar-refractivity contribution >= 4 is 16.1 Å². The fraction of sp³-hybridized carbons (Fsp3) is 0.917. The van der Waals surface area contributed by atoms with Crippen LogP contribution in [0.2, 0.25) is 0 Å². The number of urea groups is 1. The van der Waals surface area contributed by atoms with Crippen LogP contribution in [0.3, 0.4) is 0 Å². The Labute approximate surface area is 120 Å². The Hall–Kier alpha value is -0.860. The van der Waals surface area contributed by atoms with E-state index < -0.39 is 15.3 Å². The summed E-state index contributed by atoms with van der Waals surface area (Å²) in [6, 6.07) is -0.0316. The summed E-state index contributed by atoms with van der Waals surface area (Å²) in [5.41, 5.74) is 0. The minimum Gasteiger partial charge on any atom is -0.379 e. The average molecular weight is 305 g/mol. The second-order valence-corrected chi connectivity index (χ2v) is 7.46. The molecule has 0 aromatic rings. The van der Waals surface area contributed by atoms with Crippen molar-refractivity contribution in [2.24, 2.45) is 0 Å². The maximum absolute atomic E-state index is 12.1. The number of carbonyl (C=O) groups is 1. The zero-order valence-electron chi connectivity index (χ0n) is 11.8. The molecule has 0 radical (unpaired) electrons. The second-order valence-electron chi connectivity index (χ2n) is 5.30. The van der Waals surface area contributed by atoms with E-state index in [1.54, 1.807) is 4.90 Å². The van der Waals surface area contributed by atoms with Crippen LogP contribution in [0.4, 0.5) is 4.79 Å². The van der Waals surface area contributed by atoms with Gasteiger partial charge < -0.3 is 15.0 Å². The summed E-state index contributed by atoms with van der Waals surface area (Å²) < 4.78 is 31.1. The van der Waals surface area contributed by atoms with E-state index in [2.05, 4.69) is 10.0 Å². The lowest BCUT2D eigenvalue weighted by Crippen LogP contribution is -2.51. The van der Waals surface area contributed by atoms with Crippen LogP contribution in [0.15, 0.2) is 0 Å². The van der Waals surface area contributed by atoms with Gasteiger partial charge in [0.15, 0.2) is 0 Å². The maximum atomic E-state index is 12.1. The van der Waals surface area contributed by atoms with E-state index in [0.29, 0.717) is 32.5 Å². The van der Waals surface area contributed by atoms with Crippen molar-refractivity contribution in [1.82, 2.24) is 14.9 Å². The molecule has 0 aromatic carbocycles. The van der Waals surface area contributed by atoms with Crippen LogP contribution in [0, 0.1) is 0 Å². The lowest BCUT2D eigenvalue weighted by atomic mass is 10.1. The predicted molar refractivity (Wildman–Crippen MR) is 74.9 cm³/mol. The highest BCUT2D eigenvalue weighted by molar-refractivity contribution is 7.90. The van der Waals surface area contributed by atoms with Crippen LogP contribution in [-0.2, 0) is 14.8 Å². The molecule has 2 heterocycles. The third kappa shape index (κ3) is 3.83. The van der Waals surface area contributed by atoms with E-state index in [0.717, 1.165) is 19.4 Å². The number of ether oxygens (including phenoxy) is 1. The molecule has 0 aromatic heterocycles. The minimum absolute atomic E-state index is 0.0787. The summed E-state index contributed by atoms with van der Waals surface area (Å²) in [4.78, 5) is 13.8. The van der Waals surface area contributed by atoms with E-state index >= 15 is 0 Å². The van der Waals surface area contributed by atoms with Gasteiger partial charge in [0.1, 0.15) is 0 Å². The highest BCUT2D eigenvalue weighted by atomic mass is 32.2. The molecule has 0 unspecified atom stereocenters. The summed E-state index contributed by atoms with van der Waals surface area (Å²) in [5, 5.41) is 2.56. The smallest absolute Gasteiger partial charge is 0.317 e. The van der Waals surface area contributed by atoms with Crippen molar-refractivity contribution in [2.45, 2.75) is 37.0 Å². The fourth-order valence-corrected chi connectivity index (χ4v) is 3.82. The molecule has 1 atom stereocenters. The fourth-order valence-electron chi connectivity index (χ4n) is 2.66. The van der Waals surface area contributed by atoms with E-state index in [1.165, 1.54) is 7.05 Å². The molecule has 0 saturated carbocycles. The van der Waals surface area contributed by atoms with Gasteiger partial charge in [-0.1, -0.05) is 0 Å². The Balaban J connectivity index is 1.79. The summed E-state index contributed by atoms with van der Waals surface area (Å²) in [7, 11) is -1.80. The third-order valence-corrected chi connectivity index (χ3v) is 5.86. The van der Waals surface area contributed by atoms with Gasteiger partial charge in [-0.15, -0.1) is 0 Å². The van der Waals surface area contributed by atoms with Crippen LogP contribution in [0.1, 0.15) is 25.7 Å². The van der Waals surface area contributed by atoms with Crippen LogP contribution in [0.25, 0.3) is 0 Å². The van der Waals surface area contributed by atoms with Gasteiger partial charge in [0.2, 0.25) is 10.0 Å². The molecule has 2 saturated heterocycles. The van der Waals surface area contributed by atoms with Gasteiger partial charge in [0, 0.05) is 19.7 Å². The molecule has 116 valence electrons. The van der Waals surface area contributed by atoms with Crippen LogP contribution >= 0.6 is 0 Å². The average Bonchev–Trinajstić information content (AvgIpc) is 2.48. The first-order valence-electron chi connectivity index (χ1n) is 7.08. The largest absolute Gasteiger partial charge is 0.379 e. The van der Waals surface area contributed by atoms with Gasteiger partial charge >= 0.3 is 6.03 Å². The van der Waals surface area contributed by atoms with E-state index in [1.807, 2.05) is 0 Å². The van der Waals surface area contributed by atoms with Crippen molar-refractivity contribution in [2.75, 3.05) is 33.4 Å². The molecule has 2 aliphatic rings. The number of nitrogens with zero attached hydrogens (tertiary/aromatic N) is 1. The first kappa shape index (κ1) is 15.5. The number of rotatable bonds is 3. The normalized spacial score (nSPS) is 25.4. The van der Waals surface area contributed by atoms with Crippen molar-refractivity contribution in [3.8, 4) is 0 Å². The maximum Gasteiger partial charge on any atom is 0.317 e. The van der Waals surface area contributed by atoms with Gasteiger partial charge in [0.05, 0.1) is 17.9 Å². The lowest BCUT2D eigenvalue weighted by molar-refractivity contribution is 0.0702. The van der Waals surface area contributed by atoms with Gasteiger partial charge in [-0.3, -0.25) is 0 Å². The number of hydrogen-bond donors (Lipinski definition) is 2. The van der Waals surface area contributed by atoms with Crippen molar-refractivity contribution in [3.63, 3.8) is 0 Å². The Morgan fingerprint density at radius 1 is 1.25 bits per heavy atom. The van der Waals surface area contributed by atoms with Crippen LogP contribution in [-0.4, -0.2) is 64.0 Å². The monoisotopic (exact) mass is 305 g/mol. The summed E-state index contributed by atoms with van der Waals surface area (Å²) in [6.07, 6.45) is 2.87. The predicted octanol–water partition coefficient (Wildman–Crippen LogP) is -0.111. The molecular weight excluding hydrogens is 282 g/mol. The van der Waals surface area contributed by atoms with E-state index in [-0.39, 0.29) is 12.1 Å². The Morgan fingerprint density at radius 3 is 2.50 bits per heavy atom. The number of sulfonamides is 1. The third-order valence-electron chi connectivity index (χ3n) is 3.94. The number of nitrogens with one attached hydrogen (secondary N) is 2. The van der Waals surface area contributed by atoms with Crippen LogP contribution in [0.5, 0.6) is 0 Å². The second kappa shape index (κ2) is 6.73. The van der Waals surface area contributed by atoms with Crippen molar-refractivity contribution < 1.29 is 17.9 Å².